The number of fused-ring (bicyclic) bond motifs is 3. The number of rotatable bonds is 8. The number of nitrogens with zero attached hydrogens (tertiary/aromatic N) is 4. The van der Waals surface area contributed by atoms with Gasteiger partial charge < -0.3 is 15.0 Å². The van der Waals surface area contributed by atoms with Crippen LogP contribution in [0.3, 0.4) is 0 Å². The summed E-state index contributed by atoms with van der Waals surface area (Å²) in [5, 5.41) is 7.64. The maximum atomic E-state index is 16.1. The molecule has 0 radical (unpaired) electrons. The third-order valence-electron chi connectivity index (χ3n) is 10.5. The Morgan fingerprint density at radius 3 is 1.88 bits per heavy atom. The Balaban J connectivity index is 1.33. The Kier molecular flexibility index (Phi) is 8.73. The Labute approximate surface area is 298 Å². The van der Waals surface area contributed by atoms with Crippen molar-refractivity contribution in [3.05, 3.63) is 142 Å². The molecule has 51 heavy (non-hydrogen) atoms. The summed E-state index contributed by atoms with van der Waals surface area (Å²) in [7, 11) is 0.0594. The van der Waals surface area contributed by atoms with E-state index in [0.29, 0.717) is 61.5 Å². The van der Waals surface area contributed by atoms with E-state index in [2.05, 4.69) is 24.4 Å². The highest BCUT2D eigenvalue weighted by atomic mass is 32.2. The highest BCUT2D eigenvalue weighted by molar-refractivity contribution is 7.92. The number of benzene rings is 4. The molecule has 0 bridgehead atoms. The highest BCUT2D eigenvalue weighted by Crippen LogP contribution is 2.43. The fourth-order valence-electron chi connectivity index (χ4n) is 7.92. The Bertz CT molecular complexity index is 2080. The minimum absolute atomic E-state index is 0.0502. The fourth-order valence-corrected chi connectivity index (χ4v) is 9.82. The van der Waals surface area contributed by atoms with E-state index in [1.54, 1.807) is 4.68 Å². The zero-order valence-electron chi connectivity index (χ0n) is 28.8. The molecule has 4 aromatic carbocycles. The summed E-state index contributed by atoms with van der Waals surface area (Å²) in [6, 6.07) is 28.5. The number of ether oxygens (including phenoxy) is 1. The number of anilines is 1. The second-order valence-corrected chi connectivity index (χ2v) is 15.6. The van der Waals surface area contributed by atoms with Crippen molar-refractivity contribution in [1.29, 1.82) is 0 Å². The second kappa shape index (κ2) is 13.4. The molecule has 9 nitrogen and oxygen atoms in total. The van der Waals surface area contributed by atoms with Gasteiger partial charge in [0.1, 0.15) is 22.9 Å². The second-order valence-electron chi connectivity index (χ2n) is 13.7. The maximum absolute atomic E-state index is 16.1. The lowest BCUT2D eigenvalue weighted by Gasteiger charge is -2.37. The molecular weight excluding hydrogens is 664 g/mol. The summed E-state index contributed by atoms with van der Waals surface area (Å²) in [5.41, 5.74) is 4.78. The molecule has 2 N–H and O–H groups in total. The van der Waals surface area contributed by atoms with Crippen molar-refractivity contribution in [2.45, 2.75) is 61.5 Å². The predicted octanol–water partition coefficient (Wildman–Crippen LogP) is 6.88. The molecule has 8 rings (SSSR count). The molecule has 3 aliphatic rings. The number of likely N-dealkylation sites (N-methyl/N-ethyl adjacent to an activating group) is 1. The SMILES string of the molecule is CN(C)[C@@H]1COc2c([S@](=O)(=NC(=O)Nc3c4c(c(F)c5c3CCC5)CCC4)NC(c3ccccc3)(c3ccccc3)c3ccccc3)cnn2C1. The molecular formula is C40H41FN6O3S. The minimum atomic E-state index is -3.89. The van der Waals surface area contributed by atoms with Crippen molar-refractivity contribution >= 4 is 21.6 Å². The highest BCUT2D eigenvalue weighted by Gasteiger charge is 2.42. The van der Waals surface area contributed by atoms with Crippen LogP contribution in [0.25, 0.3) is 0 Å². The van der Waals surface area contributed by atoms with Crippen molar-refractivity contribution in [1.82, 2.24) is 19.4 Å². The zero-order valence-corrected chi connectivity index (χ0v) is 29.6. The summed E-state index contributed by atoms with van der Waals surface area (Å²) < 4.78 is 47.6. The van der Waals surface area contributed by atoms with Crippen molar-refractivity contribution < 1.29 is 18.1 Å². The number of carbonyl (C=O) groups is 1. The molecule has 11 heteroatoms. The van der Waals surface area contributed by atoms with Crippen LogP contribution >= 0.6 is 0 Å². The number of nitrogens with one attached hydrogen (secondary N) is 2. The molecule has 0 saturated heterocycles. The van der Waals surface area contributed by atoms with Gasteiger partial charge in [-0.3, -0.25) is 0 Å². The van der Waals surface area contributed by atoms with Gasteiger partial charge in [0.15, 0.2) is 9.92 Å². The standard InChI is InChI=1S/C40H41FN6O3S/c1-46(2)30-25-47-38(50-26-30)35(24-42-47)51(49,44-39(48)43-37-33-22-12-20-31(33)36(41)32-21-13-23-34(32)37)45-40(27-14-6-3-7-15-27,28-16-8-4-9-17-28)29-18-10-5-11-19-29/h3-11,14-19,24,30H,12-13,20-23,25-26H2,1-2H3,(H2,43,44,45,48,49)/t30-,51-/m0/s1. The maximum Gasteiger partial charge on any atom is 0.354 e. The quantitative estimate of drug-likeness (QED) is 0.172. The number of aromatic nitrogens is 2. The van der Waals surface area contributed by atoms with Crippen LogP contribution < -0.4 is 14.8 Å². The van der Waals surface area contributed by atoms with E-state index < -0.39 is 21.5 Å². The number of urea groups is 1. The van der Waals surface area contributed by atoms with E-state index in [1.807, 2.05) is 105 Å². The number of amides is 2. The van der Waals surface area contributed by atoms with Gasteiger partial charge in [-0.05, 0) is 91.6 Å². The number of hydrogen-bond acceptors (Lipinski definition) is 5. The zero-order chi connectivity index (χ0) is 35.2. The van der Waals surface area contributed by atoms with Crippen molar-refractivity contribution in [2.75, 3.05) is 26.0 Å². The molecule has 1 aliphatic heterocycles. The van der Waals surface area contributed by atoms with Gasteiger partial charge in [-0.2, -0.15) is 5.10 Å². The summed E-state index contributed by atoms with van der Waals surface area (Å²) in [5.74, 6) is 0.169. The number of hydrogen-bond donors (Lipinski definition) is 2. The summed E-state index contributed by atoms with van der Waals surface area (Å²) in [6.45, 7) is 0.863. The molecule has 2 heterocycles. The van der Waals surface area contributed by atoms with Crippen LogP contribution in [0.1, 0.15) is 51.8 Å². The molecule has 0 fully saturated rings. The first-order valence-corrected chi connectivity index (χ1v) is 19.0. The van der Waals surface area contributed by atoms with Gasteiger partial charge >= 0.3 is 6.03 Å². The van der Waals surface area contributed by atoms with Crippen LogP contribution in [0.15, 0.2) is 106 Å². The van der Waals surface area contributed by atoms with Gasteiger partial charge in [0.2, 0.25) is 5.88 Å². The minimum Gasteiger partial charge on any atom is -0.475 e. The average molecular weight is 705 g/mol. The van der Waals surface area contributed by atoms with Crippen molar-refractivity contribution in [3.63, 3.8) is 0 Å². The number of carbonyl (C=O) groups excluding carboxylic acids is 1. The first-order valence-electron chi connectivity index (χ1n) is 17.5. The van der Waals surface area contributed by atoms with Crippen molar-refractivity contribution in [3.8, 4) is 5.88 Å². The third-order valence-corrected chi connectivity index (χ3v) is 12.4. The average Bonchev–Trinajstić information content (AvgIpc) is 3.94. The van der Waals surface area contributed by atoms with Gasteiger partial charge in [-0.15, -0.1) is 4.36 Å². The number of halogens is 1. The van der Waals surface area contributed by atoms with Gasteiger partial charge in [-0.1, -0.05) is 91.0 Å². The van der Waals surface area contributed by atoms with E-state index in [4.69, 9.17) is 4.74 Å². The monoisotopic (exact) mass is 704 g/mol. The first kappa shape index (κ1) is 33.3. The summed E-state index contributed by atoms with van der Waals surface area (Å²) >= 11 is 0. The van der Waals surface area contributed by atoms with Crippen LogP contribution in [0.5, 0.6) is 5.88 Å². The molecule has 262 valence electrons. The molecule has 2 aliphatic carbocycles. The van der Waals surface area contributed by atoms with E-state index in [1.165, 1.54) is 6.20 Å². The molecule has 0 unspecified atom stereocenters. The van der Waals surface area contributed by atoms with Gasteiger partial charge in [0.25, 0.3) is 0 Å². The molecule has 1 aromatic heterocycles. The summed E-state index contributed by atoms with van der Waals surface area (Å²) in [4.78, 5) is 16.6. The lowest BCUT2D eigenvalue weighted by Crippen LogP contribution is -2.48. The largest absolute Gasteiger partial charge is 0.475 e. The molecule has 5 aromatic rings. The third kappa shape index (κ3) is 5.83. The molecule has 0 spiro atoms. The molecule has 2 atom stereocenters. The molecule has 0 saturated carbocycles. The van der Waals surface area contributed by atoms with Crippen LogP contribution in [-0.2, 0) is 47.7 Å². The van der Waals surface area contributed by atoms with E-state index in [-0.39, 0.29) is 16.8 Å². The lowest BCUT2D eigenvalue weighted by atomic mass is 9.78. The van der Waals surface area contributed by atoms with Gasteiger partial charge in [-0.25, -0.2) is 22.8 Å². The van der Waals surface area contributed by atoms with Gasteiger partial charge in [0.05, 0.1) is 18.8 Å². The topological polar surface area (TPSA) is 101 Å². The van der Waals surface area contributed by atoms with Crippen LogP contribution in [-0.4, -0.2) is 51.7 Å². The van der Waals surface area contributed by atoms with Crippen molar-refractivity contribution in [2.24, 2.45) is 4.36 Å². The summed E-state index contributed by atoms with van der Waals surface area (Å²) in [6.07, 6.45) is 5.73. The van der Waals surface area contributed by atoms with Gasteiger partial charge in [0, 0.05) is 5.69 Å². The Hall–Kier alpha value is -4.84. The smallest absolute Gasteiger partial charge is 0.354 e. The Morgan fingerprint density at radius 2 is 1.37 bits per heavy atom. The fraction of sp³-hybridized carbons (Fsp3) is 0.300. The van der Waals surface area contributed by atoms with E-state index in [9.17, 15) is 4.79 Å². The van der Waals surface area contributed by atoms with Crippen LogP contribution in [0, 0.1) is 5.82 Å². The first-order chi connectivity index (χ1) is 24.8. The van der Waals surface area contributed by atoms with Crippen LogP contribution in [0.2, 0.25) is 0 Å². The predicted molar refractivity (Wildman–Crippen MR) is 196 cm³/mol. The van der Waals surface area contributed by atoms with E-state index >= 15 is 8.60 Å². The lowest BCUT2D eigenvalue weighted by molar-refractivity contribution is 0.117. The Morgan fingerprint density at radius 1 is 0.863 bits per heavy atom. The molecule has 2 amide bonds. The van der Waals surface area contributed by atoms with Crippen LogP contribution in [0.4, 0.5) is 14.9 Å². The normalized spacial score (nSPS) is 17.6. The van der Waals surface area contributed by atoms with E-state index in [0.717, 1.165) is 40.7 Å².